The molecule has 20 heavy (non-hydrogen) atoms. The Balaban J connectivity index is 2.31. The van der Waals surface area contributed by atoms with Crippen LogP contribution >= 0.6 is 0 Å². The van der Waals surface area contributed by atoms with Gasteiger partial charge in [0.15, 0.2) is 0 Å². The van der Waals surface area contributed by atoms with Crippen molar-refractivity contribution in [1.29, 1.82) is 0 Å². The Morgan fingerprint density at radius 3 is 2.50 bits per heavy atom. The van der Waals surface area contributed by atoms with E-state index in [0.717, 1.165) is 29.9 Å². The lowest BCUT2D eigenvalue weighted by molar-refractivity contribution is 0.168. The van der Waals surface area contributed by atoms with Gasteiger partial charge in [-0.15, -0.1) is 0 Å². The zero-order valence-electron chi connectivity index (χ0n) is 12.9. The van der Waals surface area contributed by atoms with Crippen LogP contribution < -0.4 is 10.2 Å². The topological polar surface area (TPSA) is 41.6 Å². The number of carbonyl (C=O) groups is 1. The minimum absolute atomic E-state index is 0.382. The van der Waals surface area contributed by atoms with E-state index in [1.54, 1.807) is 6.92 Å². The molecule has 1 aromatic rings. The normalized spacial score (nSPS) is 14.5. The van der Waals surface area contributed by atoms with Gasteiger partial charge in [0.1, 0.15) is 0 Å². The average molecular weight is 276 g/mol. The molecule has 0 atom stereocenters. The van der Waals surface area contributed by atoms with Gasteiger partial charge in [0.25, 0.3) is 0 Å². The molecular weight excluding hydrogens is 252 g/mol. The van der Waals surface area contributed by atoms with Crippen molar-refractivity contribution in [1.82, 2.24) is 0 Å². The third-order valence-electron chi connectivity index (χ3n) is 4.02. The number of nitrogens with one attached hydrogen (secondary N) is 1. The van der Waals surface area contributed by atoms with E-state index < -0.39 is 0 Å². The van der Waals surface area contributed by atoms with Crippen molar-refractivity contribution in [2.24, 2.45) is 0 Å². The predicted octanol–water partition coefficient (Wildman–Crippen LogP) is 3.78. The summed E-state index contributed by atoms with van der Waals surface area (Å²) in [7, 11) is 0. The Morgan fingerprint density at radius 1 is 1.25 bits per heavy atom. The molecule has 1 aliphatic rings. The van der Waals surface area contributed by atoms with Crippen molar-refractivity contribution in [3.05, 3.63) is 22.8 Å². The number of benzene rings is 1. The number of hydrogen-bond donors (Lipinski definition) is 1. The molecule has 4 nitrogen and oxygen atoms in total. The maximum absolute atomic E-state index is 11.6. The second-order valence-corrected chi connectivity index (χ2v) is 5.38. The van der Waals surface area contributed by atoms with Gasteiger partial charge in [0.05, 0.1) is 12.3 Å². The molecule has 1 aromatic carbocycles. The van der Waals surface area contributed by atoms with E-state index in [4.69, 9.17) is 4.74 Å². The van der Waals surface area contributed by atoms with E-state index in [0.29, 0.717) is 6.61 Å². The van der Waals surface area contributed by atoms with E-state index in [9.17, 15) is 4.79 Å². The molecule has 2 rings (SSSR count). The van der Waals surface area contributed by atoms with E-state index >= 15 is 0 Å². The highest BCUT2D eigenvalue weighted by molar-refractivity contribution is 5.88. The minimum atomic E-state index is -0.382. The third-order valence-corrected chi connectivity index (χ3v) is 4.02. The van der Waals surface area contributed by atoms with Crippen molar-refractivity contribution in [2.45, 2.75) is 40.5 Å². The van der Waals surface area contributed by atoms with Crippen LogP contribution in [0.15, 0.2) is 6.07 Å². The lowest BCUT2D eigenvalue weighted by atomic mass is 10.0. The van der Waals surface area contributed by atoms with Gasteiger partial charge in [0.2, 0.25) is 0 Å². The number of anilines is 2. The first-order chi connectivity index (χ1) is 9.54. The van der Waals surface area contributed by atoms with Crippen molar-refractivity contribution in [3.63, 3.8) is 0 Å². The molecule has 1 fully saturated rings. The molecule has 0 bridgehead atoms. The van der Waals surface area contributed by atoms with Crippen molar-refractivity contribution in [3.8, 4) is 0 Å². The molecule has 0 aliphatic carbocycles. The molecule has 110 valence electrons. The summed E-state index contributed by atoms with van der Waals surface area (Å²) in [6.07, 6.45) is 2.15. The largest absolute Gasteiger partial charge is 0.450 e. The number of hydrogen-bond acceptors (Lipinski definition) is 3. The highest BCUT2D eigenvalue weighted by Crippen LogP contribution is 2.33. The molecule has 1 N–H and O–H groups in total. The summed E-state index contributed by atoms with van der Waals surface area (Å²) < 4.78 is 4.97. The number of aryl methyl sites for hydroxylation is 1. The summed E-state index contributed by atoms with van der Waals surface area (Å²) in [4.78, 5) is 14.1. The third kappa shape index (κ3) is 2.89. The Kier molecular flexibility index (Phi) is 4.53. The van der Waals surface area contributed by atoms with Crippen LogP contribution in [-0.4, -0.2) is 25.8 Å². The van der Waals surface area contributed by atoms with Gasteiger partial charge in [-0.2, -0.15) is 0 Å². The molecule has 0 radical (unpaired) electrons. The molecular formula is C16H24N2O2. The highest BCUT2D eigenvalue weighted by Gasteiger charge is 2.19. The molecule has 0 saturated carbocycles. The fraction of sp³-hybridized carbons (Fsp3) is 0.562. The molecule has 1 heterocycles. The number of rotatable bonds is 3. The molecule has 4 heteroatoms. The standard InChI is InChI=1S/C16H24N2O2/c1-5-20-16(19)17-15-11(2)10-14(12(3)13(15)4)18-8-6-7-9-18/h10H,5-9H2,1-4H3,(H,17,19). The monoisotopic (exact) mass is 276 g/mol. The van der Waals surface area contributed by atoms with Crippen molar-refractivity contribution >= 4 is 17.5 Å². The van der Waals surface area contributed by atoms with Gasteiger partial charge < -0.3 is 9.64 Å². The van der Waals surface area contributed by atoms with Crippen LogP contribution in [0.1, 0.15) is 36.5 Å². The molecule has 1 amide bonds. The van der Waals surface area contributed by atoms with Gasteiger partial charge in [-0.1, -0.05) is 0 Å². The lowest BCUT2D eigenvalue weighted by Gasteiger charge is -2.24. The first-order valence-corrected chi connectivity index (χ1v) is 7.34. The van der Waals surface area contributed by atoms with Gasteiger partial charge >= 0.3 is 6.09 Å². The quantitative estimate of drug-likeness (QED) is 0.913. The van der Waals surface area contributed by atoms with Crippen LogP contribution in [0, 0.1) is 20.8 Å². The van der Waals surface area contributed by atoms with Crippen LogP contribution in [0.4, 0.5) is 16.2 Å². The van der Waals surface area contributed by atoms with Crippen LogP contribution in [-0.2, 0) is 4.74 Å². The summed E-state index contributed by atoms with van der Waals surface area (Å²) in [5.41, 5.74) is 5.63. The Hall–Kier alpha value is -1.71. The molecule has 1 saturated heterocycles. The number of ether oxygens (including phenoxy) is 1. The Morgan fingerprint density at radius 2 is 1.90 bits per heavy atom. The highest BCUT2D eigenvalue weighted by atomic mass is 16.5. The average Bonchev–Trinajstić information content (AvgIpc) is 2.93. The Labute approximate surface area is 121 Å². The first kappa shape index (κ1) is 14.7. The SMILES string of the molecule is CCOC(=O)Nc1c(C)cc(N2CCCC2)c(C)c1C. The number of amides is 1. The Bertz CT molecular complexity index is 506. The van der Waals surface area contributed by atoms with Crippen molar-refractivity contribution in [2.75, 3.05) is 29.9 Å². The maximum atomic E-state index is 11.6. The fourth-order valence-electron chi connectivity index (χ4n) is 2.81. The number of nitrogens with zero attached hydrogens (tertiary/aromatic N) is 1. The zero-order chi connectivity index (χ0) is 14.7. The molecule has 1 aliphatic heterocycles. The summed E-state index contributed by atoms with van der Waals surface area (Å²) in [5, 5.41) is 2.86. The molecule has 0 spiro atoms. The van der Waals surface area contributed by atoms with Crippen molar-refractivity contribution < 1.29 is 9.53 Å². The molecule has 0 aromatic heterocycles. The number of carbonyl (C=O) groups excluding carboxylic acids is 1. The predicted molar refractivity (Wildman–Crippen MR) is 82.7 cm³/mol. The lowest BCUT2D eigenvalue weighted by Crippen LogP contribution is -2.21. The van der Waals surface area contributed by atoms with Crippen LogP contribution in [0.25, 0.3) is 0 Å². The summed E-state index contributed by atoms with van der Waals surface area (Å²) in [6.45, 7) is 10.7. The van der Waals surface area contributed by atoms with E-state index in [1.165, 1.54) is 24.1 Å². The van der Waals surface area contributed by atoms with Gasteiger partial charge in [-0.3, -0.25) is 5.32 Å². The van der Waals surface area contributed by atoms with Crippen LogP contribution in [0.2, 0.25) is 0 Å². The molecule has 0 unspecified atom stereocenters. The smallest absolute Gasteiger partial charge is 0.411 e. The van der Waals surface area contributed by atoms with Gasteiger partial charge in [-0.25, -0.2) is 4.79 Å². The van der Waals surface area contributed by atoms with Gasteiger partial charge in [-0.05, 0) is 63.3 Å². The van der Waals surface area contributed by atoms with Gasteiger partial charge in [0, 0.05) is 18.8 Å². The van der Waals surface area contributed by atoms with E-state index in [1.807, 2.05) is 6.92 Å². The summed E-state index contributed by atoms with van der Waals surface area (Å²) >= 11 is 0. The summed E-state index contributed by atoms with van der Waals surface area (Å²) in [5.74, 6) is 0. The first-order valence-electron chi connectivity index (χ1n) is 7.34. The van der Waals surface area contributed by atoms with Crippen LogP contribution in [0.3, 0.4) is 0 Å². The van der Waals surface area contributed by atoms with E-state index in [-0.39, 0.29) is 6.09 Å². The van der Waals surface area contributed by atoms with Crippen LogP contribution in [0.5, 0.6) is 0 Å². The fourth-order valence-corrected chi connectivity index (χ4v) is 2.81. The summed E-state index contributed by atoms with van der Waals surface area (Å²) in [6, 6.07) is 2.18. The maximum Gasteiger partial charge on any atom is 0.411 e. The second-order valence-electron chi connectivity index (χ2n) is 5.38. The second kappa shape index (κ2) is 6.16. The van der Waals surface area contributed by atoms with E-state index in [2.05, 4.69) is 30.1 Å². The minimum Gasteiger partial charge on any atom is -0.450 e. The zero-order valence-corrected chi connectivity index (χ0v) is 12.9.